The molecule has 0 bridgehead atoms. The molecule has 1 aliphatic heterocycles. The van der Waals surface area contributed by atoms with Crippen molar-refractivity contribution in [1.82, 2.24) is 4.90 Å². The molecule has 0 N–H and O–H groups in total. The van der Waals surface area contributed by atoms with Crippen LogP contribution < -0.4 is 0 Å². The molecule has 0 saturated carbocycles. The highest BCUT2D eigenvalue weighted by Crippen LogP contribution is 2.33. The van der Waals surface area contributed by atoms with Crippen LogP contribution in [0.4, 0.5) is 4.39 Å². The maximum Gasteiger partial charge on any atom is 0.126 e. The Hall–Kier alpha value is -0.890. The Morgan fingerprint density at radius 1 is 1.25 bits per heavy atom. The molecule has 112 valence electrons. The van der Waals surface area contributed by atoms with Gasteiger partial charge in [0, 0.05) is 6.54 Å². The van der Waals surface area contributed by atoms with Gasteiger partial charge in [-0.1, -0.05) is 39.8 Å². The molecule has 1 aliphatic rings. The van der Waals surface area contributed by atoms with Gasteiger partial charge in [-0.05, 0) is 60.9 Å². The van der Waals surface area contributed by atoms with Gasteiger partial charge in [-0.2, -0.15) is 0 Å². The fourth-order valence-corrected chi connectivity index (χ4v) is 3.10. The van der Waals surface area contributed by atoms with Crippen molar-refractivity contribution in [3.05, 3.63) is 35.1 Å². The first-order chi connectivity index (χ1) is 9.45. The highest BCUT2D eigenvalue weighted by atomic mass is 19.1. The molecule has 1 aromatic carbocycles. The lowest BCUT2D eigenvalue weighted by atomic mass is 9.74. The molecule has 0 aromatic heterocycles. The third-order valence-corrected chi connectivity index (χ3v) is 5.14. The molecule has 0 radical (unpaired) electrons. The Bertz CT molecular complexity index is 447. The van der Waals surface area contributed by atoms with Gasteiger partial charge in [0.2, 0.25) is 0 Å². The summed E-state index contributed by atoms with van der Waals surface area (Å²) in [7, 11) is 0. The lowest BCUT2D eigenvalue weighted by molar-refractivity contribution is 0.224. The number of likely N-dealkylation sites (tertiary alicyclic amines) is 1. The summed E-state index contributed by atoms with van der Waals surface area (Å²) in [6.07, 6.45) is 3.41. The summed E-state index contributed by atoms with van der Waals surface area (Å²) in [5, 5.41) is 0. The van der Waals surface area contributed by atoms with Gasteiger partial charge in [0.1, 0.15) is 5.82 Å². The summed E-state index contributed by atoms with van der Waals surface area (Å²) in [6.45, 7) is 12.3. The highest BCUT2D eigenvalue weighted by molar-refractivity contribution is 5.30. The summed E-state index contributed by atoms with van der Waals surface area (Å²) in [4.78, 5) is 2.54. The first-order valence-corrected chi connectivity index (χ1v) is 7.96. The van der Waals surface area contributed by atoms with Crippen LogP contribution in [-0.2, 0) is 11.8 Å². The minimum atomic E-state index is -0.0496. The molecule has 2 heteroatoms. The van der Waals surface area contributed by atoms with E-state index in [0.717, 1.165) is 24.1 Å². The minimum Gasteiger partial charge on any atom is -0.303 e. The van der Waals surface area contributed by atoms with Crippen LogP contribution in [0.1, 0.15) is 51.7 Å². The number of hydrogen-bond donors (Lipinski definition) is 0. The number of aryl methyl sites for hydroxylation is 1. The largest absolute Gasteiger partial charge is 0.303 e. The highest BCUT2D eigenvalue weighted by Gasteiger charge is 2.30. The van der Waals surface area contributed by atoms with E-state index in [1.165, 1.54) is 25.9 Å². The maximum absolute atomic E-state index is 14.0. The molecule has 0 amide bonds. The minimum absolute atomic E-state index is 0.00962. The zero-order chi connectivity index (χ0) is 14.8. The topological polar surface area (TPSA) is 3.24 Å². The van der Waals surface area contributed by atoms with E-state index in [1.54, 1.807) is 6.07 Å². The fourth-order valence-electron chi connectivity index (χ4n) is 3.10. The van der Waals surface area contributed by atoms with E-state index in [2.05, 4.69) is 31.7 Å². The summed E-state index contributed by atoms with van der Waals surface area (Å²) < 4.78 is 14.0. The second-order valence-electron chi connectivity index (χ2n) is 6.79. The van der Waals surface area contributed by atoms with Crippen LogP contribution in [-0.4, -0.2) is 24.5 Å². The van der Waals surface area contributed by atoms with Crippen molar-refractivity contribution in [2.75, 3.05) is 19.6 Å². The standard InChI is InChI=1S/C18H28FN/c1-5-15-8-9-16(12-17(15)19)18(3,4)14(2)13-20-10-6-7-11-20/h8-9,12,14H,5-7,10-11,13H2,1-4H3. The molecular formula is C18H28FN. The van der Waals surface area contributed by atoms with Gasteiger partial charge in [0.05, 0.1) is 0 Å². The Morgan fingerprint density at radius 3 is 2.45 bits per heavy atom. The van der Waals surface area contributed by atoms with E-state index in [0.29, 0.717) is 5.92 Å². The van der Waals surface area contributed by atoms with Gasteiger partial charge in [-0.15, -0.1) is 0 Å². The monoisotopic (exact) mass is 277 g/mol. The lowest BCUT2D eigenvalue weighted by Gasteiger charge is -2.35. The number of rotatable bonds is 5. The molecule has 1 unspecified atom stereocenters. The number of benzene rings is 1. The van der Waals surface area contributed by atoms with E-state index >= 15 is 0 Å². The average Bonchev–Trinajstić information content (AvgIpc) is 2.91. The molecule has 1 fully saturated rings. The third-order valence-electron chi connectivity index (χ3n) is 5.14. The molecule has 0 aliphatic carbocycles. The Kier molecular flexibility index (Phi) is 4.85. The van der Waals surface area contributed by atoms with Gasteiger partial charge in [-0.25, -0.2) is 4.39 Å². The van der Waals surface area contributed by atoms with Crippen molar-refractivity contribution in [3.63, 3.8) is 0 Å². The van der Waals surface area contributed by atoms with Crippen molar-refractivity contribution in [2.45, 2.75) is 52.4 Å². The molecule has 20 heavy (non-hydrogen) atoms. The van der Waals surface area contributed by atoms with E-state index in [1.807, 2.05) is 13.0 Å². The molecular weight excluding hydrogens is 249 g/mol. The molecule has 1 nitrogen and oxygen atoms in total. The molecule has 1 heterocycles. The smallest absolute Gasteiger partial charge is 0.126 e. The first-order valence-electron chi connectivity index (χ1n) is 7.96. The van der Waals surface area contributed by atoms with Crippen LogP contribution in [0.3, 0.4) is 0 Å². The summed E-state index contributed by atoms with van der Waals surface area (Å²) in [5.74, 6) is 0.471. The molecule has 2 rings (SSSR count). The fraction of sp³-hybridized carbons (Fsp3) is 0.667. The quantitative estimate of drug-likeness (QED) is 0.771. The van der Waals surface area contributed by atoms with Crippen molar-refractivity contribution in [2.24, 2.45) is 5.92 Å². The SMILES string of the molecule is CCc1ccc(C(C)(C)C(C)CN2CCCC2)cc1F. The van der Waals surface area contributed by atoms with Crippen LogP contribution in [0.25, 0.3) is 0 Å². The zero-order valence-electron chi connectivity index (χ0n) is 13.4. The molecule has 1 saturated heterocycles. The summed E-state index contributed by atoms with van der Waals surface area (Å²) in [6, 6.07) is 5.82. The van der Waals surface area contributed by atoms with Crippen LogP contribution >= 0.6 is 0 Å². The molecule has 1 aromatic rings. The first kappa shape index (κ1) is 15.5. The van der Waals surface area contributed by atoms with Gasteiger partial charge < -0.3 is 4.90 Å². The van der Waals surface area contributed by atoms with Crippen molar-refractivity contribution in [3.8, 4) is 0 Å². The molecule has 1 atom stereocenters. The van der Waals surface area contributed by atoms with Crippen molar-refractivity contribution >= 4 is 0 Å². The van der Waals surface area contributed by atoms with Crippen LogP contribution in [0.2, 0.25) is 0 Å². The van der Waals surface area contributed by atoms with Gasteiger partial charge in [0.15, 0.2) is 0 Å². The molecule has 0 spiro atoms. The third kappa shape index (κ3) is 3.22. The normalized spacial score (nSPS) is 18.4. The maximum atomic E-state index is 14.0. The van der Waals surface area contributed by atoms with Crippen molar-refractivity contribution in [1.29, 1.82) is 0 Å². The van der Waals surface area contributed by atoms with E-state index in [4.69, 9.17) is 0 Å². The Labute approximate surface area is 123 Å². The van der Waals surface area contributed by atoms with Crippen molar-refractivity contribution < 1.29 is 4.39 Å². The predicted octanol–water partition coefficient (Wildman–Crippen LogP) is 4.40. The second kappa shape index (κ2) is 6.26. The van der Waals surface area contributed by atoms with Crippen LogP contribution in [0.5, 0.6) is 0 Å². The van der Waals surface area contributed by atoms with E-state index < -0.39 is 0 Å². The summed E-state index contributed by atoms with van der Waals surface area (Å²) >= 11 is 0. The Balaban J connectivity index is 2.13. The zero-order valence-corrected chi connectivity index (χ0v) is 13.4. The number of hydrogen-bond acceptors (Lipinski definition) is 1. The number of nitrogens with zero attached hydrogens (tertiary/aromatic N) is 1. The van der Waals surface area contributed by atoms with E-state index in [9.17, 15) is 4.39 Å². The predicted molar refractivity (Wildman–Crippen MR) is 83.6 cm³/mol. The number of halogens is 1. The van der Waals surface area contributed by atoms with Crippen LogP contribution in [0.15, 0.2) is 18.2 Å². The van der Waals surface area contributed by atoms with Gasteiger partial charge in [-0.3, -0.25) is 0 Å². The van der Waals surface area contributed by atoms with E-state index in [-0.39, 0.29) is 11.2 Å². The average molecular weight is 277 g/mol. The van der Waals surface area contributed by atoms with Crippen LogP contribution in [0, 0.1) is 11.7 Å². The van der Waals surface area contributed by atoms with Gasteiger partial charge in [0.25, 0.3) is 0 Å². The Morgan fingerprint density at radius 2 is 1.90 bits per heavy atom. The second-order valence-corrected chi connectivity index (χ2v) is 6.79. The summed E-state index contributed by atoms with van der Waals surface area (Å²) in [5.41, 5.74) is 1.95. The lowest BCUT2D eigenvalue weighted by Crippen LogP contribution is -2.36. The van der Waals surface area contributed by atoms with Gasteiger partial charge >= 0.3 is 0 Å².